The number of nitrogens with one attached hydrogen (secondary N) is 1. The molecule has 0 spiro atoms. The van der Waals surface area contributed by atoms with Gasteiger partial charge in [0.25, 0.3) is 0 Å². The van der Waals surface area contributed by atoms with E-state index in [-0.39, 0.29) is 25.0 Å². The normalized spacial score (nSPS) is 16.3. The van der Waals surface area contributed by atoms with Crippen molar-refractivity contribution in [3.63, 3.8) is 0 Å². The SMILES string of the molecule is CN(CC(=O)O)C1CCN(CC(=O)Nc2ccc(Cl)cc2Cl)CC1. The number of hydrogen-bond donors (Lipinski definition) is 2. The Bertz CT molecular complexity index is 604. The van der Waals surface area contributed by atoms with Crippen molar-refractivity contribution in [2.45, 2.75) is 18.9 Å². The molecule has 1 aliphatic rings. The van der Waals surface area contributed by atoms with Crippen LogP contribution in [0.3, 0.4) is 0 Å². The lowest BCUT2D eigenvalue weighted by molar-refractivity contribution is -0.138. The Morgan fingerprint density at radius 3 is 2.58 bits per heavy atom. The summed E-state index contributed by atoms with van der Waals surface area (Å²) in [7, 11) is 1.82. The quantitative estimate of drug-likeness (QED) is 0.800. The predicted molar refractivity (Wildman–Crippen MR) is 94.8 cm³/mol. The van der Waals surface area contributed by atoms with Crippen molar-refractivity contribution in [1.82, 2.24) is 9.80 Å². The average molecular weight is 374 g/mol. The van der Waals surface area contributed by atoms with Crippen LogP contribution in [0.4, 0.5) is 5.69 Å². The molecule has 2 N–H and O–H groups in total. The van der Waals surface area contributed by atoms with Gasteiger partial charge >= 0.3 is 5.97 Å². The Hall–Kier alpha value is -1.34. The summed E-state index contributed by atoms with van der Waals surface area (Å²) < 4.78 is 0. The third-order valence-corrected chi connectivity index (χ3v) is 4.69. The summed E-state index contributed by atoms with van der Waals surface area (Å²) >= 11 is 11.9. The van der Waals surface area contributed by atoms with Crippen molar-refractivity contribution in [3.05, 3.63) is 28.2 Å². The second-order valence-corrected chi connectivity index (χ2v) is 6.83. The fourth-order valence-corrected chi connectivity index (χ4v) is 3.30. The molecule has 0 radical (unpaired) electrons. The first kappa shape index (κ1) is 19.0. The minimum Gasteiger partial charge on any atom is -0.480 e. The highest BCUT2D eigenvalue weighted by molar-refractivity contribution is 6.36. The lowest BCUT2D eigenvalue weighted by Gasteiger charge is -2.35. The van der Waals surface area contributed by atoms with E-state index < -0.39 is 5.97 Å². The van der Waals surface area contributed by atoms with Gasteiger partial charge in [-0.15, -0.1) is 0 Å². The van der Waals surface area contributed by atoms with Gasteiger partial charge in [0.05, 0.1) is 23.8 Å². The Balaban J connectivity index is 1.79. The van der Waals surface area contributed by atoms with Gasteiger partial charge in [-0.25, -0.2) is 0 Å². The maximum absolute atomic E-state index is 12.1. The number of carbonyl (C=O) groups excluding carboxylic acids is 1. The fraction of sp³-hybridized carbons (Fsp3) is 0.500. The number of carboxylic acid groups (broad SMARTS) is 1. The van der Waals surface area contributed by atoms with Crippen LogP contribution in [0, 0.1) is 0 Å². The summed E-state index contributed by atoms with van der Waals surface area (Å²) in [4.78, 5) is 26.8. The third-order valence-electron chi connectivity index (χ3n) is 4.14. The molecule has 0 bridgehead atoms. The van der Waals surface area contributed by atoms with Gasteiger partial charge < -0.3 is 10.4 Å². The number of rotatable bonds is 6. The van der Waals surface area contributed by atoms with Gasteiger partial charge in [-0.1, -0.05) is 23.2 Å². The van der Waals surface area contributed by atoms with Crippen LogP contribution in [-0.4, -0.2) is 66.1 Å². The summed E-state index contributed by atoms with van der Waals surface area (Å²) in [5.41, 5.74) is 0.544. The number of anilines is 1. The smallest absolute Gasteiger partial charge is 0.317 e. The molecule has 1 amide bonds. The molecule has 1 saturated heterocycles. The maximum atomic E-state index is 12.1. The van der Waals surface area contributed by atoms with E-state index in [0.29, 0.717) is 15.7 Å². The number of nitrogens with zero attached hydrogens (tertiary/aromatic N) is 2. The monoisotopic (exact) mass is 373 g/mol. The van der Waals surface area contributed by atoms with Crippen LogP contribution in [-0.2, 0) is 9.59 Å². The van der Waals surface area contributed by atoms with Crippen LogP contribution in [0.1, 0.15) is 12.8 Å². The molecule has 132 valence electrons. The molecule has 2 rings (SSSR count). The van der Waals surface area contributed by atoms with Gasteiger partial charge in [0, 0.05) is 24.2 Å². The minimum atomic E-state index is -0.820. The first-order valence-electron chi connectivity index (χ1n) is 7.74. The van der Waals surface area contributed by atoms with E-state index in [9.17, 15) is 9.59 Å². The van der Waals surface area contributed by atoms with Crippen LogP contribution < -0.4 is 5.32 Å². The van der Waals surface area contributed by atoms with E-state index in [1.54, 1.807) is 18.2 Å². The van der Waals surface area contributed by atoms with Crippen LogP contribution >= 0.6 is 23.2 Å². The van der Waals surface area contributed by atoms with E-state index in [0.717, 1.165) is 25.9 Å². The van der Waals surface area contributed by atoms with Crippen LogP contribution in [0.15, 0.2) is 18.2 Å². The van der Waals surface area contributed by atoms with Crippen LogP contribution in [0.25, 0.3) is 0 Å². The van der Waals surface area contributed by atoms with E-state index in [1.165, 1.54) is 0 Å². The van der Waals surface area contributed by atoms with E-state index in [4.69, 9.17) is 28.3 Å². The molecule has 1 aliphatic heterocycles. The van der Waals surface area contributed by atoms with Crippen LogP contribution in [0.2, 0.25) is 10.0 Å². The van der Waals surface area contributed by atoms with Gasteiger partial charge in [0.1, 0.15) is 0 Å². The van der Waals surface area contributed by atoms with E-state index >= 15 is 0 Å². The Morgan fingerprint density at radius 2 is 2.00 bits per heavy atom. The number of likely N-dealkylation sites (tertiary alicyclic amines) is 1. The molecule has 0 unspecified atom stereocenters. The van der Waals surface area contributed by atoms with Crippen molar-refractivity contribution in [2.75, 3.05) is 38.5 Å². The van der Waals surface area contributed by atoms with Gasteiger partial charge in [0.2, 0.25) is 5.91 Å². The van der Waals surface area contributed by atoms with Crippen molar-refractivity contribution in [2.24, 2.45) is 0 Å². The highest BCUT2D eigenvalue weighted by Crippen LogP contribution is 2.25. The molecule has 8 heteroatoms. The van der Waals surface area contributed by atoms with Crippen LogP contribution in [0.5, 0.6) is 0 Å². The summed E-state index contributed by atoms with van der Waals surface area (Å²) in [6.45, 7) is 1.85. The number of carbonyl (C=O) groups is 2. The maximum Gasteiger partial charge on any atom is 0.317 e. The minimum absolute atomic E-state index is 0.0419. The van der Waals surface area contributed by atoms with Crippen molar-refractivity contribution in [3.8, 4) is 0 Å². The van der Waals surface area contributed by atoms with Gasteiger partial charge in [0.15, 0.2) is 0 Å². The van der Waals surface area contributed by atoms with E-state index in [1.807, 2.05) is 11.9 Å². The Kier molecular flexibility index (Phi) is 6.86. The number of aliphatic carboxylic acids is 1. The molecule has 0 saturated carbocycles. The fourth-order valence-electron chi connectivity index (χ4n) is 2.84. The zero-order valence-electron chi connectivity index (χ0n) is 13.5. The van der Waals surface area contributed by atoms with Gasteiger partial charge in [-0.2, -0.15) is 0 Å². The Morgan fingerprint density at radius 1 is 1.33 bits per heavy atom. The summed E-state index contributed by atoms with van der Waals surface area (Å²) in [6, 6.07) is 5.18. The summed E-state index contributed by atoms with van der Waals surface area (Å²) in [5, 5.41) is 12.6. The second kappa shape index (κ2) is 8.67. The molecule has 1 aromatic rings. The molecule has 0 aliphatic carbocycles. The second-order valence-electron chi connectivity index (χ2n) is 5.99. The average Bonchev–Trinajstić information content (AvgIpc) is 2.50. The molecule has 1 aromatic carbocycles. The molecule has 24 heavy (non-hydrogen) atoms. The van der Waals surface area contributed by atoms with Crippen molar-refractivity contribution < 1.29 is 14.7 Å². The highest BCUT2D eigenvalue weighted by atomic mass is 35.5. The number of hydrogen-bond acceptors (Lipinski definition) is 4. The molecule has 1 fully saturated rings. The molecule has 1 heterocycles. The summed E-state index contributed by atoms with van der Waals surface area (Å²) in [6.07, 6.45) is 1.69. The third kappa shape index (κ3) is 5.63. The predicted octanol–water partition coefficient (Wildman–Crippen LogP) is 2.41. The number of benzene rings is 1. The zero-order chi connectivity index (χ0) is 17.7. The van der Waals surface area contributed by atoms with Gasteiger partial charge in [-0.05, 0) is 38.1 Å². The van der Waals surface area contributed by atoms with E-state index in [2.05, 4.69) is 10.2 Å². The van der Waals surface area contributed by atoms with Crippen molar-refractivity contribution in [1.29, 1.82) is 0 Å². The number of carboxylic acids is 1. The molecule has 0 atom stereocenters. The number of amides is 1. The highest BCUT2D eigenvalue weighted by Gasteiger charge is 2.24. The largest absolute Gasteiger partial charge is 0.480 e. The summed E-state index contributed by atoms with van der Waals surface area (Å²) in [5.74, 6) is -0.948. The lowest BCUT2D eigenvalue weighted by Crippen LogP contribution is -2.46. The topological polar surface area (TPSA) is 72.9 Å². The molecule has 6 nitrogen and oxygen atoms in total. The number of halogens is 2. The van der Waals surface area contributed by atoms with Crippen molar-refractivity contribution >= 4 is 40.8 Å². The molecular weight excluding hydrogens is 353 g/mol. The van der Waals surface area contributed by atoms with Gasteiger partial charge in [-0.3, -0.25) is 19.4 Å². The number of likely N-dealkylation sites (N-methyl/N-ethyl adjacent to an activating group) is 1. The Labute approximate surface area is 151 Å². The first-order chi connectivity index (χ1) is 11.3. The zero-order valence-corrected chi connectivity index (χ0v) is 15.0. The standard InChI is InChI=1S/C16H21Cl2N3O3/c1-20(10-16(23)24)12-4-6-21(7-5-12)9-15(22)19-14-3-2-11(17)8-13(14)18/h2-3,8,12H,4-7,9-10H2,1H3,(H,19,22)(H,23,24). The lowest BCUT2D eigenvalue weighted by atomic mass is 10.0. The molecule has 0 aromatic heterocycles. The molecular formula is C16H21Cl2N3O3. The first-order valence-corrected chi connectivity index (χ1v) is 8.50. The number of piperidine rings is 1.